The van der Waals surface area contributed by atoms with Gasteiger partial charge < -0.3 is 14.4 Å². The minimum absolute atomic E-state index is 0.222. The van der Waals surface area contributed by atoms with Crippen molar-refractivity contribution in [3.05, 3.63) is 39.5 Å². The normalized spacial score (nSPS) is 20.9. The maximum atomic E-state index is 13.3. The summed E-state index contributed by atoms with van der Waals surface area (Å²) in [4.78, 5) is 0. The Balaban J connectivity index is 2.33. The lowest BCUT2D eigenvalue weighted by Crippen LogP contribution is -2.41. The molecule has 21 heavy (non-hydrogen) atoms. The number of rotatable bonds is 3. The average Bonchev–Trinajstić information content (AvgIpc) is 2.59. The van der Waals surface area contributed by atoms with Crippen molar-refractivity contribution < 1.29 is 18.8 Å². The molecule has 1 aromatic carbocycles. The van der Waals surface area contributed by atoms with Crippen LogP contribution in [0.1, 0.15) is 33.3 Å². The van der Waals surface area contributed by atoms with Gasteiger partial charge >= 0.3 is 7.12 Å². The average molecular weight is 357 g/mol. The molecule has 0 saturated carbocycles. The zero-order chi connectivity index (χ0) is 15.8. The summed E-state index contributed by atoms with van der Waals surface area (Å²) >= 11 is 3.37. The van der Waals surface area contributed by atoms with Crippen molar-refractivity contribution in [3.63, 3.8) is 0 Å². The van der Waals surface area contributed by atoms with Gasteiger partial charge in [-0.1, -0.05) is 22.0 Å². The van der Waals surface area contributed by atoms with Crippen LogP contribution in [0, 0.1) is 5.82 Å². The summed E-state index contributed by atoms with van der Waals surface area (Å²) in [6, 6.07) is 4.39. The molecule has 2 rings (SSSR count). The van der Waals surface area contributed by atoms with E-state index in [-0.39, 0.29) is 12.4 Å². The Morgan fingerprint density at radius 1 is 1.29 bits per heavy atom. The summed E-state index contributed by atoms with van der Waals surface area (Å²) in [5, 5.41) is 9.61. The lowest BCUT2D eigenvalue weighted by atomic mass is 9.77. The van der Waals surface area contributed by atoms with Crippen molar-refractivity contribution in [1.29, 1.82) is 0 Å². The molecular formula is C15H19BBrFO3. The number of aliphatic hydroxyl groups excluding tert-OH is 1. The quantitative estimate of drug-likeness (QED) is 0.841. The Labute approximate surface area is 133 Å². The van der Waals surface area contributed by atoms with Crippen LogP contribution >= 0.6 is 15.9 Å². The van der Waals surface area contributed by atoms with Gasteiger partial charge in [-0.25, -0.2) is 4.39 Å². The molecule has 6 heteroatoms. The molecule has 1 saturated heterocycles. The zero-order valence-corrected chi connectivity index (χ0v) is 14.2. The van der Waals surface area contributed by atoms with E-state index in [0.29, 0.717) is 11.0 Å². The monoisotopic (exact) mass is 356 g/mol. The van der Waals surface area contributed by atoms with E-state index < -0.39 is 18.3 Å². The number of halogens is 2. The molecular weight excluding hydrogens is 338 g/mol. The van der Waals surface area contributed by atoms with Crippen molar-refractivity contribution >= 4 is 29.1 Å². The first kappa shape index (κ1) is 16.7. The highest BCUT2D eigenvalue weighted by Crippen LogP contribution is 2.39. The molecule has 0 bridgehead atoms. The van der Waals surface area contributed by atoms with Crippen LogP contribution in [0.3, 0.4) is 0 Å². The molecule has 1 aliphatic heterocycles. The Hall–Kier alpha value is -0.685. The second kappa shape index (κ2) is 5.84. The molecule has 0 spiro atoms. The van der Waals surface area contributed by atoms with Gasteiger partial charge in [0.25, 0.3) is 0 Å². The summed E-state index contributed by atoms with van der Waals surface area (Å²) in [6.45, 7) is 7.56. The Morgan fingerprint density at radius 2 is 1.86 bits per heavy atom. The second-order valence-electron chi connectivity index (χ2n) is 6.13. The number of hydrogen-bond acceptors (Lipinski definition) is 3. The highest BCUT2D eigenvalue weighted by Gasteiger charge is 2.52. The summed E-state index contributed by atoms with van der Waals surface area (Å²) in [6.07, 6.45) is 1.69. The van der Waals surface area contributed by atoms with E-state index in [2.05, 4.69) is 15.9 Å². The van der Waals surface area contributed by atoms with Crippen LogP contribution in [0.15, 0.2) is 28.1 Å². The molecule has 0 radical (unpaired) electrons. The molecule has 0 amide bonds. The van der Waals surface area contributed by atoms with Crippen LogP contribution in [0.2, 0.25) is 0 Å². The standard InChI is InChI=1S/C15H19BBrFO3/c1-14(2)15(3,4)21-16(20-14)11(9-19)7-10-8-12(18)5-6-13(10)17/h5-8,19H,9H2,1-4H3. The minimum atomic E-state index is -0.643. The van der Waals surface area contributed by atoms with Gasteiger partial charge in [0.2, 0.25) is 0 Å². The van der Waals surface area contributed by atoms with Gasteiger partial charge in [-0.2, -0.15) is 0 Å². The maximum absolute atomic E-state index is 13.3. The fourth-order valence-corrected chi connectivity index (χ4v) is 2.37. The first-order valence-corrected chi connectivity index (χ1v) is 7.57. The first-order valence-electron chi connectivity index (χ1n) is 6.78. The predicted molar refractivity (Wildman–Crippen MR) is 85.2 cm³/mol. The lowest BCUT2D eigenvalue weighted by molar-refractivity contribution is 0.00578. The van der Waals surface area contributed by atoms with E-state index in [4.69, 9.17) is 9.31 Å². The van der Waals surface area contributed by atoms with E-state index in [1.807, 2.05) is 27.7 Å². The Kier molecular flexibility index (Phi) is 4.64. The van der Waals surface area contributed by atoms with Gasteiger partial charge in [0.05, 0.1) is 17.8 Å². The van der Waals surface area contributed by atoms with E-state index in [9.17, 15) is 9.50 Å². The van der Waals surface area contributed by atoms with Crippen LogP contribution in [-0.4, -0.2) is 30.0 Å². The van der Waals surface area contributed by atoms with E-state index in [1.165, 1.54) is 12.1 Å². The topological polar surface area (TPSA) is 38.7 Å². The minimum Gasteiger partial charge on any atom is -0.400 e. The van der Waals surface area contributed by atoms with Gasteiger partial charge in [-0.3, -0.25) is 0 Å². The molecule has 3 nitrogen and oxygen atoms in total. The Morgan fingerprint density at radius 3 is 2.38 bits per heavy atom. The second-order valence-corrected chi connectivity index (χ2v) is 6.99. The van der Waals surface area contributed by atoms with Crippen molar-refractivity contribution in [2.75, 3.05) is 6.61 Å². The molecule has 1 aromatic rings. The van der Waals surface area contributed by atoms with Gasteiger partial charge in [0.1, 0.15) is 5.82 Å². The SMILES string of the molecule is CC1(C)OB(C(=Cc2cc(F)ccc2Br)CO)OC1(C)C. The predicted octanol–water partition coefficient (Wildman–Crippen LogP) is 3.60. The number of benzene rings is 1. The van der Waals surface area contributed by atoms with Crippen LogP contribution in [-0.2, 0) is 9.31 Å². The van der Waals surface area contributed by atoms with Gasteiger partial charge in [0.15, 0.2) is 0 Å². The third kappa shape index (κ3) is 3.39. The van der Waals surface area contributed by atoms with E-state index >= 15 is 0 Å². The largest absolute Gasteiger partial charge is 0.492 e. The Bertz CT molecular complexity index is 556. The fraction of sp³-hybridized carbons (Fsp3) is 0.467. The molecule has 1 heterocycles. The summed E-state index contributed by atoms with van der Waals surface area (Å²) in [5.74, 6) is -0.337. The van der Waals surface area contributed by atoms with Gasteiger partial charge in [-0.15, -0.1) is 0 Å². The summed E-state index contributed by atoms with van der Waals surface area (Å²) < 4.78 is 25.9. The van der Waals surface area contributed by atoms with E-state index in [0.717, 1.165) is 4.47 Å². The molecule has 0 atom stereocenters. The highest BCUT2D eigenvalue weighted by molar-refractivity contribution is 9.10. The van der Waals surface area contributed by atoms with Crippen LogP contribution in [0.5, 0.6) is 0 Å². The van der Waals surface area contributed by atoms with Crippen LogP contribution in [0.4, 0.5) is 4.39 Å². The molecule has 0 unspecified atom stereocenters. The number of hydrogen-bond donors (Lipinski definition) is 1. The summed E-state index contributed by atoms with van der Waals surface area (Å²) in [5.41, 5.74) is 0.227. The van der Waals surface area contributed by atoms with E-state index in [1.54, 1.807) is 12.1 Å². The third-order valence-electron chi connectivity index (χ3n) is 4.04. The molecule has 1 N–H and O–H groups in total. The molecule has 0 aliphatic carbocycles. The van der Waals surface area contributed by atoms with Crippen LogP contribution in [0.25, 0.3) is 6.08 Å². The molecule has 1 fully saturated rings. The number of aliphatic hydroxyl groups is 1. The molecule has 1 aliphatic rings. The summed E-state index contributed by atoms with van der Waals surface area (Å²) in [7, 11) is -0.643. The molecule has 114 valence electrons. The first-order chi connectivity index (χ1) is 9.66. The van der Waals surface area contributed by atoms with Crippen molar-refractivity contribution in [3.8, 4) is 0 Å². The highest BCUT2D eigenvalue weighted by atomic mass is 79.9. The smallest absolute Gasteiger partial charge is 0.400 e. The van der Waals surface area contributed by atoms with Crippen molar-refractivity contribution in [2.24, 2.45) is 0 Å². The third-order valence-corrected chi connectivity index (χ3v) is 4.76. The maximum Gasteiger partial charge on any atom is 0.492 e. The van der Waals surface area contributed by atoms with Crippen LogP contribution < -0.4 is 0 Å². The fourth-order valence-electron chi connectivity index (χ4n) is 2.01. The lowest BCUT2D eigenvalue weighted by Gasteiger charge is -2.32. The van der Waals surface area contributed by atoms with Crippen molar-refractivity contribution in [1.82, 2.24) is 0 Å². The van der Waals surface area contributed by atoms with Crippen molar-refractivity contribution in [2.45, 2.75) is 38.9 Å². The van der Waals surface area contributed by atoms with Gasteiger partial charge in [0, 0.05) is 4.47 Å². The zero-order valence-electron chi connectivity index (χ0n) is 12.6. The molecule has 0 aromatic heterocycles. The van der Waals surface area contributed by atoms with Gasteiger partial charge in [-0.05, 0) is 56.9 Å².